The van der Waals surface area contributed by atoms with Crippen LogP contribution >= 0.6 is 11.6 Å². The second-order valence-corrected chi connectivity index (χ2v) is 8.43. The molecule has 0 fully saturated rings. The van der Waals surface area contributed by atoms with E-state index in [0.29, 0.717) is 39.9 Å². The molecular weight excluding hydrogens is 436 g/mol. The van der Waals surface area contributed by atoms with Crippen LogP contribution in [0.15, 0.2) is 72.4 Å². The number of benzene rings is 3. The average molecular weight is 461 g/mol. The summed E-state index contributed by atoms with van der Waals surface area (Å²) < 4.78 is 5.72. The van der Waals surface area contributed by atoms with E-state index in [4.69, 9.17) is 16.3 Å². The molecule has 1 heterocycles. The van der Waals surface area contributed by atoms with Gasteiger partial charge in [-0.25, -0.2) is 4.90 Å². The molecule has 0 aliphatic carbocycles. The molecule has 1 aliphatic rings. The summed E-state index contributed by atoms with van der Waals surface area (Å²) in [6.07, 6.45) is 0.890. The van der Waals surface area contributed by atoms with Crippen molar-refractivity contribution in [1.82, 2.24) is 0 Å². The van der Waals surface area contributed by atoms with Crippen LogP contribution in [-0.4, -0.2) is 18.4 Å². The first-order valence-electron chi connectivity index (χ1n) is 10.8. The highest BCUT2D eigenvalue weighted by Gasteiger charge is 2.40. The first kappa shape index (κ1) is 22.6. The van der Waals surface area contributed by atoms with Crippen molar-refractivity contribution in [2.75, 3.05) is 16.8 Å². The molecule has 3 aromatic carbocycles. The molecule has 0 unspecified atom stereocenters. The normalized spacial score (nSPS) is 13.6. The standard InChI is InChI=1S/C27H25ClN2O3/c1-4-14-33-22-7-5-6-21(16-22)29-25-24(19-9-11-20(28)12-10-19)26(31)30(27(25)32)23-13-8-17(2)15-18(23)3/h5-13,15-16,29H,4,14H2,1-3H3. The van der Waals surface area contributed by atoms with Gasteiger partial charge in [0, 0.05) is 16.8 Å². The van der Waals surface area contributed by atoms with Crippen LogP contribution in [0.4, 0.5) is 11.4 Å². The van der Waals surface area contributed by atoms with E-state index in [1.54, 1.807) is 24.3 Å². The number of halogens is 1. The molecule has 1 aliphatic heterocycles. The van der Waals surface area contributed by atoms with Crippen molar-refractivity contribution in [2.45, 2.75) is 27.2 Å². The number of hydrogen-bond donors (Lipinski definition) is 1. The number of nitrogens with one attached hydrogen (secondary N) is 1. The third-order valence-electron chi connectivity index (χ3n) is 5.39. The molecule has 4 rings (SSSR count). The molecule has 3 aromatic rings. The molecule has 0 saturated carbocycles. The summed E-state index contributed by atoms with van der Waals surface area (Å²) in [5.41, 5.74) is 4.27. The molecule has 2 amide bonds. The molecule has 33 heavy (non-hydrogen) atoms. The summed E-state index contributed by atoms with van der Waals surface area (Å²) in [6, 6.07) is 19.9. The highest BCUT2D eigenvalue weighted by atomic mass is 35.5. The third-order valence-corrected chi connectivity index (χ3v) is 5.64. The Kier molecular flexibility index (Phi) is 6.52. The summed E-state index contributed by atoms with van der Waals surface area (Å²) in [5.74, 6) is -0.0922. The fourth-order valence-electron chi connectivity index (χ4n) is 3.83. The third kappa shape index (κ3) is 4.64. The Bertz CT molecular complexity index is 1250. The fraction of sp³-hybridized carbons (Fsp3) is 0.185. The topological polar surface area (TPSA) is 58.6 Å². The fourth-order valence-corrected chi connectivity index (χ4v) is 3.96. The number of carbonyl (C=O) groups is 2. The van der Waals surface area contributed by atoms with Gasteiger partial charge >= 0.3 is 0 Å². The zero-order valence-electron chi connectivity index (χ0n) is 18.8. The predicted octanol–water partition coefficient (Wildman–Crippen LogP) is 6.14. The van der Waals surface area contributed by atoms with Gasteiger partial charge in [0.25, 0.3) is 11.8 Å². The Hall–Kier alpha value is -3.57. The van der Waals surface area contributed by atoms with E-state index in [1.165, 1.54) is 4.90 Å². The number of hydrogen-bond acceptors (Lipinski definition) is 4. The van der Waals surface area contributed by atoms with Crippen molar-refractivity contribution >= 4 is 40.4 Å². The predicted molar refractivity (Wildman–Crippen MR) is 133 cm³/mol. The molecule has 0 aromatic heterocycles. The van der Waals surface area contributed by atoms with Gasteiger partial charge in [-0.2, -0.15) is 0 Å². The van der Waals surface area contributed by atoms with E-state index in [-0.39, 0.29) is 11.6 Å². The van der Waals surface area contributed by atoms with Crippen LogP contribution in [0.2, 0.25) is 5.02 Å². The van der Waals surface area contributed by atoms with Gasteiger partial charge in [-0.1, -0.05) is 54.4 Å². The molecule has 0 bridgehead atoms. The maximum atomic E-state index is 13.6. The molecular formula is C27H25ClN2O3. The lowest BCUT2D eigenvalue weighted by Gasteiger charge is -2.18. The van der Waals surface area contributed by atoms with Crippen LogP contribution in [0.3, 0.4) is 0 Å². The van der Waals surface area contributed by atoms with E-state index in [1.807, 2.05) is 63.2 Å². The highest BCUT2D eigenvalue weighted by molar-refractivity contribution is 6.46. The van der Waals surface area contributed by atoms with Crippen molar-refractivity contribution in [3.05, 3.63) is 94.1 Å². The van der Waals surface area contributed by atoms with Crippen molar-refractivity contribution in [3.8, 4) is 5.75 Å². The molecule has 168 valence electrons. The van der Waals surface area contributed by atoms with Gasteiger partial charge in [0.2, 0.25) is 0 Å². The molecule has 0 spiro atoms. The van der Waals surface area contributed by atoms with Gasteiger partial charge in [0.15, 0.2) is 0 Å². The van der Waals surface area contributed by atoms with E-state index >= 15 is 0 Å². The number of aryl methyl sites for hydroxylation is 2. The highest BCUT2D eigenvalue weighted by Crippen LogP contribution is 2.36. The SMILES string of the molecule is CCCOc1cccc(NC2=C(c3ccc(Cl)cc3)C(=O)N(c3ccc(C)cc3C)C2=O)c1. The van der Waals surface area contributed by atoms with Crippen molar-refractivity contribution in [1.29, 1.82) is 0 Å². The van der Waals surface area contributed by atoms with E-state index in [9.17, 15) is 9.59 Å². The van der Waals surface area contributed by atoms with Gasteiger partial charge in [-0.3, -0.25) is 9.59 Å². The van der Waals surface area contributed by atoms with Crippen LogP contribution in [0.1, 0.15) is 30.0 Å². The Morgan fingerprint density at radius 2 is 1.70 bits per heavy atom. The van der Waals surface area contributed by atoms with Gasteiger partial charge < -0.3 is 10.1 Å². The van der Waals surface area contributed by atoms with Crippen LogP contribution in [0.5, 0.6) is 5.75 Å². The number of amides is 2. The minimum absolute atomic E-state index is 0.218. The minimum atomic E-state index is -0.406. The monoisotopic (exact) mass is 460 g/mol. The van der Waals surface area contributed by atoms with E-state index in [0.717, 1.165) is 17.5 Å². The zero-order chi connectivity index (χ0) is 23.5. The van der Waals surface area contributed by atoms with Gasteiger partial charge in [0.1, 0.15) is 11.4 Å². The number of nitrogens with zero attached hydrogens (tertiary/aromatic N) is 1. The Balaban J connectivity index is 1.78. The summed E-state index contributed by atoms with van der Waals surface area (Å²) >= 11 is 6.06. The molecule has 5 nitrogen and oxygen atoms in total. The van der Waals surface area contributed by atoms with Gasteiger partial charge in [-0.05, 0) is 61.7 Å². The summed E-state index contributed by atoms with van der Waals surface area (Å²) in [7, 11) is 0. The number of imide groups is 1. The molecule has 0 radical (unpaired) electrons. The Morgan fingerprint density at radius 3 is 2.39 bits per heavy atom. The number of ether oxygens (including phenoxy) is 1. The first-order valence-corrected chi connectivity index (χ1v) is 11.2. The Labute approximate surface area is 198 Å². The smallest absolute Gasteiger partial charge is 0.282 e. The minimum Gasteiger partial charge on any atom is -0.494 e. The quantitative estimate of drug-likeness (QED) is 0.430. The summed E-state index contributed by atoms with van der Waals surface area (Å²) in [4.78, 5) is 28.4. The maximum Gasteiger partial charge on any atom is 0.282 e. The number of anilines is 2. The molecule has 0 atom stereocenters. The summed E-state index contributed by atoms with van der Waals surface area (Å²) in [6.45, 7) is 6.50. The number of carbonyl (C=O) groups excluding carboxylic acids is 2. The lowest BCUT2D eigenvalue weighted by atomic mass is 10.0. The lowest BCUT2D eigenvalue weighted by Crippen LogP contribution is -2.33. The van der Waals surface area contributed by atoms with Crippen molar-refractivity contribution in [3.63, 3.8) is 0 Å². The lowest BCUT2D eigenvalue weighted by molar-refractivity contribution is -0.120. The zero-order valence-corrected chi connectivity index (χ0v) is 19.6. The van der Waals surface area contributed by atoms with Crippen LogP contribution in [0.25, 0.3) is 5.57 Å². The molecule has 0 saturated heterocycles. The molecule has 6 heteroatoms. The second kappa shape index (κ2) is 9.51. The van der Waals surface area contributed by atoms with Gasteiger partial charge in [-0.15, -0.1) is 0 Å². The van der Waals surface area contributed by atoms with Crippen LogP contribution in [0, 0.1) is 13.8 Å². The van der Waals surface area contributed by atoms with E-state index in [2.05, 4.69) is 5.32 Å². The number of rotatable bonds is 7. The molecule has 1 N–H and O–H groups in total. The van der Waals surface area contributed by atoms with Crippen LogP contribution < -0.4 is 15.0 Å². The van der Waals surface area contributed by atoms with Gasteiger partial charge in [0.05, 0.1) is 17.9 Å². The second-order valence-electron chi connectivity index (χ2n) is 7.99. The Morgan fingerprint density at radius 1 is 0.939 bits per heavy atom. The average Bonchev–Trinajstić information content (AvgIpc) is 3.03. The van der Waals surface area contributed by atoms with Crippen molar-refractivity contribution < 1.29 is 14.3 Å². The van der Waals surface area contributed by atoms with Crippen molar-refractivity contribution in [2.24, 2.45) is 0 Å². The summed E-state index contributed by atoms with van der Waals surface area (Å²) in [5, 5.41) is 3.74. The largest absolute Gasteiger partial charge is 0.494 e. The first-order chi connectivity index (χ1) is 15.9. The van der Waals surface area contributed by atoms with E-state index < -0.39 is 5.91 Å². The van der Waals surface area contributed by atoms with Crippen LogP contribution in [-0.2, 0) is 9.59 Å². The maximum absolute atomic E-state index is 13.6.